The van der Waals surface area contributed by atoms with Crippen LogP contribution in [0.3, 0.4) is 0 Å². The first-order valence-corrected chi connectivity index (χ1v) is 6.29. The second kappa shape index (κ2) is 5.15. The fourth-order valence-electron chi connectivity index (χ4n) is 2.54. The second-order valence-corrected chi connectivity index (χ2v) is 5.27. The van der Waals surface area contributed by atoms with Crippen LogP contribution in [0.5, 0.6) is 0 Å². The molecule has 0 aromatic heterocycles. The lowest BCUT2D eigenvalue weighted by atomic mass is 9.66. The summed E-state index contributed by atoms with van der Waals surface area (Å²) in [7, 11) is 0. The Morgan fingerprint density at radius 3 is 2.81 bits per heavy atom. The Hall–Kier alpha value is -0.610. The van der Waals surface area contributed by atoms with Crippen LogP contribution in [0.15, 0.2) is 0 Å². The molecule has 0 spiro atoms. The summed E-state index contributed by atoms with van der Waals surface area (Å²) in [6.07, 6.45) is 5.13. The lowest BCUT2D eigenvalue weighted by Crippen LogP contribution is -2.42. The standard InChI is InChI=1S/C12H22N2O2/c13-9-12(3-1-4-12)6-11(15)14-7-10-2-5-16-8-10/h10H,1-9,13H2,(H,14,15). The van der Waals surface area contributed by atoms with Crippen molar-refractivity contribution in [2.75, 3.05) is 26.3 Å². The molecule has 92 valence electrons. The second-order valence-electron chi connectivity index (χ2n) is 5.27. The fraction of sp³-hybridized carbons (Fsp3) is 0.917. The van der Waals surface area contributed by atoms with E-state index < -0.39 is 0 Å². The van der Waals surface area contributed by atoms with E-state index in [1.54, 1.807) is 0 Å². The Morgan fingerprint density at radius 2 is 2.31 bits per heavy atom. The molecule has 1 saturated heterocycles. The Bertz CT molecular complexity index is 240. The molecular weight excluding hydrogens is 204 g/mol. The molecule has 1 amide bonds. The molecule has 16 heavy (non-hydrogen) atoms. The summed E-state index contributed by atoms with van der Waals surface area (Å²) in [6, 6.07) is 0. The highest BCUT2D eigenvalue weighted by Crippen LogP contribution is 2.42. The van der Waals surface area contributed by atoms with Gasteiger partial charge in [-0.3, -0.25) is 4.79 Å². The van der Waals surface area contributed by atoms with E-state index in [1.807, 2.05) is 0 Å². The number of hydrogen-bond acceptors (Lipinski definition) is 3. The minimum absolute atomic E-state index is 0.121. The number of hydrogen-bond donors (Lipinski definition) is 2. The summed E-state index contributed by atoms with van der Waals surface area (Å²) in [5.74, 6) is 0.677. The van der Waals surface area contributed by atoms with Gasteiger partial charge in [-0.1, -0.05) is 6.42 Å². The van der Waals surface area contributed by atoms with E-state index in [-0.39, 0.29) is 11.3 Å². The lowest BCUT2D eigenvalue weighted by molar-refractivity contribution is -0.124. The first-order chi connectivity index (χ1) is 7.74. The number of ether oxygens (including phenoxy) is 1. The number of rotatable bonds is 5. The number of nitrogens with two attached hydrogens (primary N) is 1. The molecule has 1 aliphatic carbocycles. The highest BCUT2D eigenvalue weighted by atomic mass is 16.5. The maximum absolute atomic E-state index is 11.8. The van der Waals surface area contributed by atoms with E-state index in [1.165, 1.54) is 6.42 Å². The van der Waals surface area contributed by atoms with Crippen LogP contribution < -0.4 is 11.1 Å². The van der Waals surface area contributed by atoms with Gasteiger partial charge in [0.25, 0.3) is 0 Å². The number of amides is 1. The smallest absolute Gasteiger partial charge is 0.220 e. The highest BCUT2D eigenvalue weighted by molar-refractivity contribution is 5.76. The van der Waals surface area contributed by atoms with Gasteiger partial charge in [0.1, 0.15) is 0 Å². The SMILES string of the molecule is NCC1(CC(=O)NCC2CCOC2)CCC1. The van der Waals surface area contributed by atoms with Crippen LogP contribution >= 0.6 is 0 Å². The highest BCUT2D eigenvalue weighted by Gasteiger charge is 2.37. The van der Waals surface area contributed by atoms with Gasteiger partial charge in [0.05, 0.1) is 6.61 Å². The van der Waals surface area contributed by atoms with E-state index in [0.29, 0.717) is 18.9 Å². The Kier molecular flexibility index (Phi) is 3.82. The molecule has 4 nitrogen and oxygen atoms in total. The van der Waals surface area contributed by atoms with Gasteiger partial charge in [0, 0.05) is 25.5 Å². The molecule has 2 aliphatic rings. The molecular formula is C12H22N2O2. The van der Waals surface area contributed by atoms with Gasteiger partial charge in [-0.05, 0) is 31.2 Å². The summed E-state index contributed by atoms with van der Waals surface area (Å²) in [6.45, 7) is 3.04. The zero-order chi connectivity index (χ0) is 11.4. The Balaban J connectivity index is 1.67. The number of carbonyl (C=O) groups is 1. The lowest BCUT2D eigenvalue weighted by Gasteiger charge is -2.40. The van der Waals surface area contributed by atoms with Crippen molar-refractivity contribution in [2.24, 2.45) is 17.1 Å². The average molecular weight is 226 g/mol. The number of nitrogens with one attached hydrogen (secondary N) is 1. The van der Waals surface area contributed by atoms with Crippen LogP contribution in [0.2, 0.25) is 0 Å². The molecule has 1 unspecified atom stereocenters. The van der Waals surface area contributed by atoms with E-state index in [2.05, 4.69) is 5.32 Å². The van der Waals surface area contributed by atoms with Crippen molar-refractivity contribution in [1.82, 2.24) is 5.32 Å². The molecule has 2 fully saturated rings. The topological polar surface area (TPSA) is 64.4 Å². The minimum atomic E-state index is 0.121. The van der Waals surface area contributed by atoms with Gasteiger partial charge in [-0.25, -0.2) is 0 Å². The van der Waals surface area contributed by atoms with Crippen molar-refractivity contribution < 1.29 is 9.53 Å². The van der Waals surface area contributed by atoms with Gasteiger partial charge >= 0.3 is 0 Å². The van der Waals surface area contributed by atoms with Crippen molar-refractivity contribution in [1.29, 1.82) is 0 Å². The summed E-state index contributed by atoms with van der Waals surface area (Å²) in [4.78, 5) is 11.8. The van der Waals surface area contributed by atoms with Crippen molar-refractivity contribution >= 4 is 5.91 Å². The molecule has 3 N–H and O–H groups in total. The maximum Gasteiger partial charge on any atom is 0.220 e. The van der Waals surface area contributed by atoms with Crippen LogP contribution in [0.4, 0.5) is 0 Å². The molecule has 1 aliphatic heterocycles. The van der Waals surface area contributed by atoms with Crippen LogP contribution in [0.1, 0.15) is 32.1 Å². The average Bonchev–Trinajstić information content (AvgIpc) is 2.73. The monoisotopic (exact) mass is 226 g/mol. The molecule has 0 radical (unpaired) electrons. The zero-order valence-corrected chi connectivity index (χ0v) is 9.84. The summed E-state index contributed by atoms with van der Waals surface area (Å²) < 4.78 is 5.27. The maximum atomic E-state index is 11.8. The normalized spacial score (nSPS) is 27.4. The van der Waals surface area contributed by atoms with Crippen molar-refractivity contribution in [3.05, 3.63) is 0 Å². The third-order valence-corrected chi connectivity index (χ3v) is 3.99. The third kappa shape index (κ3) is 2.74. The summed E-state index contributed by atoms with van der Waals surface area (Å²) >= 11 is 0. The molecule has 2 rings (SSSR count). The molecule has 0 aromatic rings. The van der Waals surface area contributed by atoms with Crippen LogP contribution in [-0.2, 0) is 9.53 Å². The van der Waals surface area contributed by atoms with E-state index in [0.717, 1.165) is 39.0 Å². The van der Waals surface area contributed by atoms with Crippen molar-refractivity contribution in [3.63, 3.8) is 0 Å². The predicted octanol–water partition coefficient (Wildman–Crippen LogP) is 0.658. The van der Waals surface area contributed by atoms with Crippen LogP contribution in [0, 0.1) is 11.3 Å². The fourth-order valence-corrected chi connectivity index (χ4v) is 2.54. The summed E-state index contributed by atoms with van der Waals surface area (Å²) in [5.41, 5.74) is 5.86. The zero-order valence-electron chi connectivity index (χ0n) is 9.84. The minimum Gasteiger partial charge on any atom is -0.381 e. The third-order valence-electron chi connectivity index (χ3n) is 3.99. The van der Waals surface area contributed by atoms with E-state index in [4.69, 9.17) is 10.5 Å². The molecule has 4 heteroatoms. The quantitative estimate of drug-likeness (QED) is 0.723. The van der Waals surface area contributed by atoms with Crippen LogP contribution in [0.25, 0.3) is 0 Å². The Morgan fingerprint density at radius 1 is 1.50 bits per heavy atom. The van der Waals surface area contributed by atoms with Gasteiger partial charge in [0.15, 0.2) is 0 Å². The predicted molar refractivity (Wildman–Crippen MR) is 61.9 cm³/mol. The van der Waals surface area contributed by atoms with E-state index >= 15 is 0 Å². The van der Waals surface area contributed by atoms with Crippen LogP contribution in [-0.4, -0.2) is 32.2 Å². The molecule has 1 atom stereocenters. The van der Waals surface area contributed by atoms with Crippen molar-refractivity contribution in [2.45, 2.75) is 32.1 Å². The van der Waals surface area contributed by atoms with Gasteiger partial charge < -0.3 is 15.8 Å². The molecule has 0 aromatic carbocycles. The van der Waals surface area contributed by atoms with Gasteiger partial charge in [-0.15, -0.1) is 0 Å². The largest absolute Gasteiger partial charge is 0.381 e. The molecule has 1 saturated carbocycles. The van der Waals surface area contributed by atoms with Gasteiger partial charge in [-0.2, -0.15) is 0 Å². The molecule has 1 heterocycles. The first kappa shape index (κ1) is 11.9. The first-order valence-electron chi connectivity index (χ1n) is 6.29. The summed E-state index contributed by atoms with van der Waals surface area (Å²) in [5, 5.41) is 3.01. The number of carbonyl (C=O) groups excluding carboxylic acids is 1. The van der Waals surface area contributed by atoms with Gasteiger partial charge in [0.2, 0.25) is 5.91 Å². The van der Waals surface area contributed by atoms with E-state index in [9.17, 15) is 4.79 Å². The van der Waals surface area contributed by atoms with Crippen molar-refractivity contribution in [3.8, 4) is 0 Å². The molecule has 0 bridgehead atoms. The Labute approximate surface area is 96.9 Å².